The van der Waals surface area contributed by atoms with E-state index in [1.54, 1.807) is 0 Å². The molecule has 0 saturated carbocycles. The van der Waals surface area contributed by atoms with Crippen molar-refractivity contribution in [3.8, 4) is 11.4 Å². The molecule has 0 radical (unpaired) electrons. The molecule has 3 rings (SSSR count). The smallest absolute Gasteiger partial charge is 0.419 e. The average molecular weight is 392 g/mol. The van der Waals surface area contributed by atoms with Crippen LogP contribution < -0.4 is 4.74 Å². The van der Waals surface area contributed by atoms with Gasteiger partial charge in [-0.15, -0.1) is 0 Å². The van der Waals surface area contributed by atoms with Crippen LogP contribution in [0.25, 0.3) is 5.69 Å². The molecule has 2 aromatic heterocycles. The molecular formula is C14H6Cl2F3N3O3. The lowest BCUT2D eigenvalue weighted by Crippen LogP contribution is -2.17. The molecule has 25 heavy (non-hydrogen) atoms. The Morgan fingerprint density at radius 2 is 2.00 bits per heavy atom. The van der Waals surface area contributed by atoms with Crippen molar-refractivity contribution in [3.63, 3.8) is 0 Å². The molecule has 0 atom stereocenters. The molecule has 0 fully saturated rings. The Bertz CT molecular complexity index is 923. The fourth-order valence-electron chi connectivity index (χ4n) is 1.97. The molecule has 0 spiro atoms. The van der Waals surface area contributed by atoms with E-state index in [2.05, 4.69) is 14.8 Å². The van der Waals surface area contributed by atoms with Crippen LogP contribution in [0.4, 0.5) is 13.2 Å². The van der Waals surface area contributed by atoms with Gasteiger partial charge in [0.05, 0.1) is 28.1 Å². The second-order valence-electron chi connectivity index (χ2n) is 4.64. The molecule has 6 nitrogen and oxygen atoms in total. The molecule has 0 aliphatic rings. The van der Waals surface area contributed by atoms with Crippen molar-refractivity contribution in [1.82, 2.24) is 14.9 Å². The van der Waals surface area contributed by atoms with E-state index in [4.69, 9.17) is 27.9 Å². The molecule has 0 saturated heterocycles. The molecule has 3 aromatic rings. The molecule has 1 aromatic carbocycles. The molecule has 0 bridgehead atoms. The highest BCUT2D eigenvalue weighted by molar-refractivity contribution is 6.43. The largest absolute Gasteiger partial charge is 0.437 e. The minimum absolute atomic E-state index is 0.0470. The number of alkyl halides is 3. The van der Waals surface area contributed by atoms with Gasteiger partial charge in [0.15, 0.2) is 11.4 Å². The summed E-state index contributed by atoms with van der Waals surface area (Å²) in [7, 11) is 0. The molecule has 0 unspecified atom stereocenters. The van der Waals surface area contributed by atoms with E-state index in [-0.39, 0.29) is 21.3 Å². The topological polar surface area (TPSA) is 70.2 Å². The number of nitrogens with zero attached hydrogens (tertiary/aromatic N) is 3. The first kappa shape index (κ1) is 17.3. The Kier molecular flexibility index (Phi) is 4.44. The van der Waals surface area contributed by atoms with Gasteiger partial charge >= 0.3 is 12.1 Å². The third-order valence-corrected chi connectivity index (χ3v) is 3.84. The Morgan fingerprint density at radius 3 is 2.64 bits per heavy atom. The van der Waals surface area contributed by atoms with Crippen molar-refractivity contribution >= 4 is 29.2 Å². The highest BCUT2D eigenvalue weighted by Gasteiger charge is 2.41. The van der Waals surface area contributed by atoms with Crippen LogP contribution in [0.1, 0.15) is 16.1 Å². The average Bonchev–Trinajstić information content (AvgIpc) is 3.18. The summed E-state index contributed by atoms with van der Waals surface area (Å²) in [6.45, 7) is 0. The SMILES string of the molecule is O=C(Oc1cnn(-c2cccc(Cl)c2Cl)c1C(F)(F)F)c1cnoc1. The van der Waals surface area contributed by atoms with Crippen molar-refractivity contribution < 1.29 is 27.2 Å². The van der Waals surface area contributed by atoms with Gasteiger partial charge in [-0.25, -0.2) is 9.48 Å². The van der Waals surface area contributed by atoms with Crippen LogP contribution >= 0.6 is 23.2 Å². The number of hydrogen-bond acceptors (Lipinski definition) is 5. The number of carbonyl (C=O) groups is 1. The van der Waals surface area contributed by atoms with Gasteiger partial charge in [-0.2, -0.15) is 18.3 Å². The number of halogens is 5. The predicted molar refractivity (Wildman–Crippen MR) is 80.0 cm³/mol. The Morgan fingerprint density at radius 1 is 1.24 bits per heavy atom. The summed E-state index contributed by atoms with van der Waals surface area (Å²) < 4.78 is 50.2. The fourth-order valence-corrected chi connectivity index (χ4v) is 2.35. The normalized spacial score (nSPS) is 11.6. The maximum absolute atomic E-state index is 13.5. The standard InChI is InChI=1S/C14H6Cl2F3N3O3/c15-8-2-1-3-9(11(8)16)22-12(14(17,18)19)10(5-20-22)25-13(23)7-4-21-24-6-7/h1-6H. The first-order chi connectivity index (χ1) is 11.8. The summed E-state index contributed by atoms with van der Waals surface area (Å²) in [6.07, 6.45) is -2.18. The van der Waals surface area contributed by atoms with Gasteiger partial charge in [0, 0.05) is 0 Å². The maximum atomic E-state index is 13.5. The molecule has 0 aliphatic heterocycles. The van der Waals surface area contributed by atoms with Gasteiger partial charge in [-0.05, 0) is 12.1 Å². The van der Waals surface area contributed by atoms with E-state index in [0.29, 0.717) is 4.68 Å². The Labute approximate surface area is 147 Å². The van der Waals surface area contributed by atoms with Crippen LogP contribution in [-0.4, -0.2) is 20.9 Å². The molecule has 11 heteroatoms. The second-order valence-corrected chi connectivity index (χ2v) is 5.43. The highest BCUT2D eigenvalue weighted by atomic mass is 35.5. The number of ether oxygens (including phenoxy) is 1. The summed E-state index contributed by atoms with van der Waals surface area (Å²) in [4.78, 5) is 11.8. The number of benzene rings is 1. The Hall–Kier alpha value is -2.52. The predicted octanol–water partition coefficient (Wildman–Crippen LogP) is 4.41. The minimum Gasteiger partial charge on any atom is -0.419 e. The Balaban J connectivity index is 2.08. The monoisotopic (exact) mass is 391 g/mol. The van der Waals surface area contributed by atoms with Crippen molar-refractivity contribution in [2.24, 2.45) is 0 Å². The van der Waals surface area contributed by atoms with Crippen LogP contribution in [-0.2, 0) is 6.18 Å². The van der Waals surface area contributed by atoms with Gasteiger partial charge < -0.3 is 9.26 Å². The van der Waals surface area contributed by atoms with Gasteiger partial charge in [0.1, 0.15) is 11.8 Å². The zero-order valence-electron chi connectivity index (χ0n) is 11.9. The van der Waals surface area contributed by atoms with E-state index < -0.39 is 23.6 Å². The quantitative estimate of drug-likeness (QED) is 0.618. The first-order valence-corrected chi connectivity index (χ1v) is 7.26. The number of rotatable bonds is 3. The molecule has 0 aliphatic carbocycles. The zero-order valence-corrected chi connectivity index (χ0v) is 13.4. The fraction of sp³-hybridized carbons (Fsp3) is 0.0714. The molecule has 0 amide bonds. The third-order valence-electron chi connectivity index (χ3n) is 3.03. The van der Waals surface area contributed by atoms with Crippen molar-refractivity contribution in [3.05, 3.63) is 58.2 Å². The lowest BCUT2D eigenvalue weighted by Gasteiger charge is -2.13. The van der Waals surface area contributed by atoms with E-state index in [9.17, 15) is 18.0 Å². The summed E-state index contributed by atoms with van der Waals surface area (Å²) >= 11 is 11.8. The lowest BCUT2D eigenvalue weighted by atomic mass is 10.3. The molecule has 2 heterocycles. The van der Waals surface area contributed by atoms with Crippen LogP contribution in [0.2, 0.25) is 10.0 Å². The highest BCUT2D eigenvalue weighted by Crippen LogP contribution is 2.39. The van der Waals surface area contributed by atoms with Crippen LogP contribution in [0, 0.1) is 0 Å². The summed E-state index contributed by atoms with van der Waals surface area (Å²) in [5, 5.41) is 6.82. The van der Waals surface area contributed by atoms with E-state index in [0.717, 1.165) is 18.7 Å². The van der Waals surface area contributed by atoms with Crippen molar-refractivity contribution in [2.75, 3.05) is 0 Å². The van der Waals surface area contributed by atoms with E-state index in [1.165, 1.54) is 18.2 Å². The number of hydrogen-bond donors (Lipinski definition) is 0. The summed E-state index contributed by atoms with van der Waals surface area (Å²) in [5.41, 5.74) is -1.59. The second kappa shape index (κ2) is 6.41. The number of aromatic nitrogens is 3. The number of esters is 1. The van der Waals surface area contributed by atoms with Crippen molar-refractivity contribution in [1.29, 1.82) is 0 Å². The third kappa shape index (κ3) is 3.33. The molecule has 0 N–H and O–H groups in total. The maximum Gasteiger partial charge on any atom is 0.437 e. The minimum atomic E-state index is -4.88. The summed E-state index contributed by atoms with van der Waals surface area (Å²) in [5.74, 6) is -1.88. The van der Waals surface area contributed by atoms with Gasteiger partial charge in [-0.3, -0.25) is 0 Å². The molecule has 130 valence electrons. The van der Waals surface area contributed by atoms with Crippen molar-refractivity contribution in [2.45, 2.75) is 6.18 Å². The van der Waals surface area contributed by atoms with Crippen LogP contribution in [0.3, 0.4) is 0 Å². The zero-order chi connectivity index (χ0) is 18.2. The first-order valence-electron chi connectivity index (χ1n) is 6.50. The van der Waals surface area contributed by atoms with E-state index in [1.807, 2.05) is 0 Å². The van der Waals surface area contributed by atoms with Crippen LogP contribution in [0.5, 0.6) is 5.75 Å². The molecular weight excluding hydrogens is 386 g/mol. The van der Waals surface area contributed by atoms with Gasteiger partial charge in [0.25, 0.3) is 0 Å². The van der Waals surface area contributed by atoms with E-state index >= 15 is 0 Å². The van der Waals surface area contributed by atoms with Crippen LogP contribution in [0.15, 0.2) is 41.4 Å². The lowest BCUT2D eigenvalue weighted by molar-refractivity contribution is -0.143. The number of carbonyl (C=O) groups excluding carboxylic acids is 1. The summed E-state index contributed by atoms with van der Waals surface area (Å²) in [6, 6.07) is 4.12. The van der Waals surface area contributed by atoms with Gasteiger partial charge in [-0.1, -0.05) is 34.4 Å². The van der Waals surface area contributed by atoms with Gasteiger partial charge in [0.2, 0.25) is 0 Å².